The molecule has 1 aliphatic rings. The van der Waals surface area contributed by atoms with E-state index >= 15 is 0 Å². The second-order valence-electron chi connectivity index (χ2n) is 3.29. The molecule has 0 radical (unpaired) electrons. The maximum absolute atomic E-state index is 2.35. The van der Waals surface area contributed by atoms with Crippen LogP contribution in [0.3, 0.4) is 0 Å². The summed E-state index contributed by atoms with van der Waals surface area (Å²) >= 11 is 0. The highest BCUT2D eigenvalue weighted by atomic mass is 28.3. The molecular weight excluding hydrogens is 140 g/mol. The van der Waals surface area contributed by atoms with Crippen LogP contribution in [0.4, 0.5) is 0 Å². The quantitative estimate of drug-likeness (QED) is 0.536. The molecule has 0 atom stereocenters. The molecule has 0 aliphatic carbocycles. The van der Waals surface area contributed by atoms with E-state index in [-0.39, 0.29) is 8.80 Å². The van der Waals surface area contributed by atoms with E-state index in [1.807, 2.05) is 0 Å². The molecule has 54 valence electrons. The Morgan fingerprint density at radius 2 is 2.00 bits per heavy atom. The second kappa shape index (κ2) is 4.28. The van der Waals surface area contributed by atoms with Crippen LogP contribution in [-0.2, 0) is 0 Å². The molecule has 0 aromatic rings. The van der Waals surface area contributed by atoms with Crippen molar-refractivity contribution in [2.75, 3.05) is 0 Å². The first-order valence-corrected chi connectivity index (χ1v) is 8.88. The van der Waals surface area contributed by atoms with Gasteiger partial charge in [-0.2, -0.15) is 0 Å². The highest BCUT2D eigenvalue weighted by molar-refractivity contribution is 6.63. The smallest absolute Gasteiger partial charge is 0.0361 e. The summed E-state index contributed by atoms with van der Waals surface area (Å²) in [5.74, 6) is 0. The first kappa shape index (κ1) is 7.54. The zero-order valence-corrected chi connectivity index (χ0v) is 9.10. The van der Waals surface area contributed by atoms with Gasteiger partial charge in [-0.05, 0) is 0 Å². The Hall–Kier alpha value is 0.434. The van der Waals surface area contributed by atoms with Gasteiger partial charge in [0.15, 0.2) is 0 Å². The molecular formula is C7H18Si2. The van der Waals surface area contributed by atoms with Gasteiger partial charge < -0.3 is 0 Å². The first-order chi connectivity index (χ1) is 4.43. The zero-order chi connectivity index (χ0) is 6.53. The summed E-state index contributed by atoms with van der Waals surface area (Å²) in [6.07, 6.45) is 1.47. The molecule has 2 heteroatoms. The van der Waals surface area contributed by atoms with Crippen molar-refractivity contribution in [2.24, 2.45) is 0 Å². The van der Waals surface area contributed by atoms with Crippen LogP contribution in [0.25, 0.3) is 0 Å². The molecule has 0 N–H and O–H groups in total. The summed E-state index contributed by atoms with van der Waals surface area (Å²) in [5.41, 5.74) is 0. The van der Waals surface area contributed by atoms with Gasteiger partial charge in [-0.1, -0.05) is 43.6 Å². The average molecular weight is 158 g/mol. The van der Waals surface area contributed by atoms with Crippen molar-refractivity contribution in [3.63, 3.8) is 0 Å². The summed E-state index contributed by atoms with van der Waals surface area (Å²) in [7, 11) is 0.403. The van der Waals surface area contributed by atoms with E-state index in [1.54, 1.807) is 30.2 Å². The van der Waals surface area contributed by atoms with Crippen molar-refractivity contribution < 1.29 is 0 Å². The normalized spacial score (nSPS) is 31.0. The molecule has 1 heterocycles. The largest absolute Gasteiger partial charge is 0.0657 e. The van der Waals surface area contributed by atoms with E-state index < -0.39 is 0 Å². The Kier molecular flexibility index (Phi) is 3.59. The molecule has 0 bridgehead atoms. The molecule has 1 rings (SSSR count). The van der Waals surface area contributed by atoms with Crippen molar-refractivity contribution in [1.82, 2.24) is 0 Å². The molecule has 0 aromatic carbocycles. The van der Waals surface area contributed by atoms with Gasteiger partial charge in [-0.15, -0.1) is 0 Å². The van der Waals surface area contributed by atoms with Gasteiger partial charge in [-0.3, -0.25) is 0 Å². The predicted molar refractivity (Wildman–Crippen MR) is 50.0 cm³/mol. The molecule has 0 nitrogen and oxygen atoms in total. The monoisotopic (exact) mass is 158 g/mol. The third-order valence-electron chi connectivity index (χ3n) is 2.42. The molecule has 1 saturated heterocycles. The third-order valence-corrected chi connectivity index (χ3v) is 9.71. The lowest BCUT2D eigenvalue weighted by molar-refractivity contribution is 1.03. The van der Waals surface area contributed by atoms with Crippen molar-refractivity contribution in [1.29, 1.82) is 0 Å². The molecule has 0 spiro atoms. The average Bonchev–Trinajstić information content (AvgIpc) is 1.91. The van der Waals surface area contributed by atoms with E-state index in [2.05, 4.69) is 6.92 Å². The van der Waals surface area contributed by atoms with Gasteiger partial charge in [-0.25, -0.2) is 0 Å². The molecule has 0 amide bonds. The number of hydrogen-bond acceptors (Lipinski definition) is 0. The van der Waals surface area contributed by atoms with E-state index in [1.165, 1.54) is 6.42 Å². The minimum Gasteiger partial charge on any atom is -0.0657 e. The van der Waals surface area contributed by atoms with Gasteiger partial charge in [0.1, 0.15) is 0 Å². The van der Waals surface area contributed by atoms with Crippen molar-refractivity contribution in [3.8, 4) is 0 Å². The third kappa shape index (κ3) is 2.67. The number of hydrogen-bond donors (Lipinski definition) is 0. The minimum atomic E-state index is -0.0914. The number of rotatable bonds is 2. The van der Waals surface area contributed by atoms with Crippen LogP contribution in [0.2, 0.25) is 30.2 Å². The topological polar surface area (TPSA) is 0 Å². The maximum Gasteiger partial charge on any atom is 0.0361 e. The Morgan fingerprint density at radius 1 is 1.33 bits per heavy atom. The lowest BCUT2D eigenvalue weighted by Crippen LogP contribution is -2.17. The second-order valence-corrected chi connectivity index (χ2v) is 8.88. The SMILES string of the molecule is CCC[SiH]1CC[SiH2]CC1. The Balaban J connectivity index is 2.08. The first-order valence-electron chi connectivity index (χ1n) is 4.43. The van der Waals surface area contributed by atoms with Crippen LogP contribution < -0.4 is 0 Å². The van der Waals surface area contributed by atoms with E-state index in [0.29, 0.717) is 9.52 Å². The molecule has 0 unspecified atom stereocenters. The summed E-state index contributed by atoms with van der Waals surface area (Å²) in [4.78, 5) is 0. The molecule has 0 aromatic heterocycles. The van der Waals surface area contributed by atoms with Gasteiger partial charge in [0.05, 0.1) is 0 Å². The molecule has 1 aliphatic heterocycles. The fraction of sp³-hybridized carbons (Fsp3) is 1.00. The summed E-state index contributed by atoms with van der Waals surface area (Å²) in [5, 5.41) is 0. The lowest BCUT2D eigenvalue weighted by atomic mass is 10.6. The maximum atomic E-state index is 2.35. The van der Waals surface area contributed by atoms with Crippen molar-refractivity contribution >= 4 is 18.3 Å². The van der Waals surface area contributed by atoms with Crippen LogP contribution in [-0.4, -0.2) is 18.3 Å². The van der Waals surface area contributed by atoms with E-state index in [4.69, 9.17) is 0 Å². The van der Waals surface area contributed by atoms with E-state index in [0.717, 1.165) is 0 Å². The predicted octanol–water partition coefficient (Wildman–Crippen LogP) is 1.64. The minimum absolute atomic E-state index is 0.0914. The van der Waals surface area contributed by atoms with Gasteiger partial charge in [0, 0.05) is 18.3 Å². The van der Waals surface area contributed by atoms with E-state index in [9.17, 15) is 0 Å². The highest BCUT2D eigenvalue weighted by Gasteiger charge is 2.12. The standard InChI is InChI=1S/C7H18Si2/c1-2-5-9-6-3-8-4-7-9/h9H,2-8H2,1H3. The lowest BCUT2D eigenvalue weighted by Gasteiger charge is -2.18. The Bertz CT molecular complexity index is 64.6. The molecule has 1 fully saturated rings. The van der Waals surface area contributed by atoms with Crippen LogP contribution in [0.15, 0.2) is 0 Å². The fourth-order valence-corrected chi connectivity index (χ4v) is 10.8. The zero-order valence-electron chi connectivity index (χ0n) is 6.53. The van der Waals surface area contributed by atoms with Crippen molar-refractivity contribution in [2.45, 2.75) is 43.6 Å². The van der Waals surface area contributed by atoms with Gasteiger partial charge in [0.2, 0.25) is 0 Å². The van der Waals surface area contributed by atoms with Crippen LogP contribution in [0.1, 0.15) is 13.3 Å². The van der Waals surface area contributed by atoms with Gasteiger partial charge >= 0.3 is 0 Å². The summed E-state index contributed by atoms with van der Waals surface area (Å²) < 4.78 is 0. The summed E-state index contributed by atoms with van der Waals surface area (Å²) in [6.45, 7) is 2.35. The van der Waals surface area contributed by atoms with Gasteiger partial charge in [0.25, 0.3) is 0 Å². The van der Waals surface area contributed by atoms with Crippen molar-refractivity contribution in [3.05, 3.63) is 0 Å². The molecule has 0 saturated carbocycles. The Labute approximate surface area is 62.5 Å². The summed E-state index contributed by atoms with van der Waals surface area (Å²) in [6, 6.07) is 8.50. The molecule has 9 heavy (non-hydrogen) atoms. The highest BCUT2D eigenvalue weighted by Crippen LogP contribution is 2.18. The van der Waals surface area contributed by atoms with Crippen LogP contribution in [0, 0.1) is 0 Å². The fourth-order valence-electron chi connectivity index (χ4n) is 1.88. The Morgan fingerprint density at radius 3 is 2.56 bits per heavy atom. The van der Waals surface area contributed by atoms with Crippen LogP contribution >= 0.6 is 0 Å². The van der Waals surface area contributed by atoms with Crippen LogP contribution in [0.5, 0.6) is 0 Å².